The average Bonchev–Trinajstić information content (AvgIpc) is 3.36. The Labute approximate surface area is 207 Å². The number of aromatic nitrogens is 1. The number of benzene rings is 3. The molecule has 1 fully saturated rings. The summed E-state index contributed by atoms with van der Waals surface area (Å²) in [5, 5.41) is 7.60. The molecule has 0 atom stereocenters. The van der Waals surface area contributed by atoms with Crippen molar-refractivity contribution in [2.75, 3.05) is 24.7 Å². The van der Waals surface area contributed by atoms with Gasteiger partial charge in [-0.2, -0.15) is 0 Å². The normalized spacial score (nSPS) is 14.3. The van der Waals surface area contributed by atoms with Crippen LogP contribution < -0.4 is 5.32 Å². The number of hydrogen-bond acceptors (Lipinski definition) is 5. The van der Waals surface area contributed by atoms with Crippen LogP contribution in [0.1, 0.15) is 23.2 Å². The van der Waals surface area contributed by atoms with Crippen LogP contribution in [0.3, 0.4) is 0 Å². The quantitative estimate of drug-likeness (QED) is 0.342. The van der Waals surface area contributed by atoms with Gasteiger partial charge in [0.2, 0.25) is 5.91 Å². The van der Waals surface area contributed by atoms with Gasteiger partial charge in [-0.25, -0.2) is 4.98 Å². The van der Waals surface area contributed by atoms with Crippen molar-refractivity contribution >= 4 is 50.8 Å². The number of carbonyl (C=O) groups is 2. The standard InChI is InChI=1S/C27H25N3O2S2/c1-33-21-11-9-19(10-12-21)24-17-34-27(28-24)29-25(31)20-13-15-30(16-14-20)26(32)23-8-4-6-18-5-2-3-7-22(18)23/h2-12,17,20H,13-16H2,1H3,(H,28,29,31). The first-order valence-corrected chi connectivity index (χ1v) is 13.4. The number of thiazole rings is 1. The molecule has 1 aliphatic heterocycles. The minimum Gasteiger partial charge on any atom is -0.339 e. The zero-order valence-electron chi connectivity index (χ0n) is 18.9. The molecule has 3 aromatic carbocycles. The topological polar surface area (TPSA) is 62.3 Å². The molecular formula is C27H25N3O2S2. The largest absolute Gasteiger partial charge is 0.339 e. The third-order valence-corrected chi connectivity index (χ3v) is 7.79. The smallest absolute Gasteiger partial charge is 0.254 e. The van der Waals surface area contributed by atoms with Crippen molar-refractivity contribution in [1.29, 1.82) is 0 Å². The Balaban J connectivity index is 1.19. The molecule has 0 radical (unpaired) electrons. The van der Waals surface area contributed by atoms with E-state index >= 15 is 0 Å². The lowest BCUT2D eigenvalue weighted by Gasteiger charge is -2.31. The summed E-state index contributed by atoms with van der Waals surface area (Å²) >= 11 is 3.14. The van der Waals surface area contributed by atoms with Gasteiger partial charge in [0.1, 0.15) is 0 Å². The van der Waals surface area contributed by atoms with E-state index < -0.39 is 0 Å². The molecule has 5 nitrogen and oxygen atoms in total. The maximum absolute atomic E-state index is 13.2. The van der Waals surface area contributed by atoms with E-state index in [1.54, 1.807) is 11.8 Å². The molecule has 0 aliphatic carbocycles. The van der Waals surface area contributed by atoms with Crippen LogP contribution in [0.5, 0.6) is 0 Å². The van der Waals surface area contributed by atoms with Crippen LogP contribution >= 0.6 is 23.1 Å². The number of hydrogen-bond donors (Lipinski definition) is 1. The van der Waals surface area contributed by atoms with Crippen LogP contribution in [0.15, 0.2) is 77.0 Å². The predicted octanol–water partition coefficient (Wildman–Crippen LogP) is 6.18. The molecule has 2 heterocycles. The van der Waals surface area contributed by atoms with Gasteiger partial charge >= 0.3 is 0 Å². The molecule has 34 heavy (non-hydrogen) atoms. The lowest BCUT2D eigenvalue weighted by molar-refractivity contribution is -0.121. The third-order valence-electron chi connectivity index (χ3n) is 6.29. The molecule has 5 rings (SSSR count). The summed E-state index contributed by atoms with van der Waals surface area (Å²) in [5.41, 5.74) is 2.63. The summed E-state index contributed by atoms with van der Waals surface area (Å²) in [7, 11) is 0. The number of rotatable bonds is 5. The van der Waals surface area contributed by atoms with Gasteiger partial charge in [0.15, 0.2) is 5.13 Å². The van der Waals surface area contributed by atoms with E-state index in [1.165, 1.54) is 16.2 Å². The van der Waals surface area contributed by atoms with Gasteiger partial charge in [-0.05, 0) is 48.1 Å². The highest BCUT2D eigenvalue weighted by Gasteiger charge is 2.29. The second-order valence-electron chi connectivity index (χ2n) is 8.35. The fraction of sp³-hybridized carbons (Fsp3) is 0.222. The number of carbonyl (C=O) groups excluding carboxylic acids is 2. The first kappa shape index (κ1) is 22.6. The monoisotopic (exact) mass is 487 g/mol. The van der Waals surface area contributed by atoms with Crippen molar-refractivity contribution in [2.24, 2.45) is 5.92 Å². The molecular weight excluding hydrogens is 462 g/mol. The van der Waals surface area contributed by atoms with Crippen molar-refractivity contribution in [2.45, 2.75) is 17.7 Å². The number of anilines is 1. The van der Waals surface area contributed by atoms with Crippen molar-refractivity contribution < 1.29 is 9.59 Å². The summed E-state index contributed by atoms with van der Waals surface area (Å²) < 4.78 is 0. The van der Waals surface area contributed by atoms with Crippen LogP contribution in [0.25, 0.3) is 22.0 Å². The number of fused-ring (bicyclic) bond motifs is 1. The zero-order valence-corrected chi connectivity index (χ0v) is 20.5. The van der Waals surface area contributed by atoms with E-state index in [1.807, 2.05) is 52.7 Å². The Morgan fingerprint density at radius 3 is 2.50 bits per heavy atom. The molecule has 0 unspecified atom stereocenters. The Morgan fingerprint density at radius 2 is 1.74 bits per heavy atom. The Hall–Kier alpha value is -3.16. The number of nitrogens with zero attached hydrogens (tertiary/aromatic N) is 2. The van der Waals surface area contributed by atoms with Crippen molar-refractivity contribution in [3.05, 3.63) is 77.7 Å². The fourth-order valence-electron chi connectivity index (χ4n) is 4.36. The molecule has 172 valence electrons. The van der Waals surface area contributed by atoms with Crippen LogP contribution in [0.2, 0.25) is 0 Å². The molecule has 0 bridgehead atoms. The Kier molecular flexibility index (Phi) is 6.65. The van der Waals surface area contributed by atoms with E-state index in [4.69, 9.17) is 0 Å². The van der Waals surface area contributed by atoms with Crippen LogP contribution in [-0.4, -0.2) is 41.0 Å². The van der Waals surface area contributed by atoms with Crippen LogP contribution in [-0.2, 0) is 4.79 Å². The predicted molar refractivity (Wildman–Crippen MR) is 141 cm³/mol. The molecule has 1 saturated heterocycles. The lowest BCUT2D eigenvalue weighted by Crippen LogP contribution is -2.41. The lowest BCUT2D eigenvalue weighted by atomic mass is 9.95. The van der Waals surface area contributed by atoms with Crippen molar-refractivity contribution in [1.82, 2.24) is 9.88 Å². The number of likely N-dealkylation sites (tertiary alicyclic amines) is 1. The molecule has 7 heteroatoms. The molecule has 4 aromatic rings. The van der Waals surface area contributed by atoms with Gasteiger partial charge in [-0.1, -0.05) is 48.5 Å². The van der Waals surface area contributed by atoms with Gasteiger partial charge in [0.25, 0.3) is 5.91 Å². The summed E-state index contributed by atoms with van der Waals surface area (Å²) in [6.07, 6.45) is 3.35. The number of thioether (sulfide) groups is 1. The first-order valence-electron chi connectivity index (χ1n) is 11.3. The van der Waals surface area contributed by atoms with Gasteiger partial charge in [-0.3, -0.25) is 9.59 Å². The van der Waals surface area contributed by atoms with E-state index in [0.29, 0.717) is 31.1 Å². The van der Waals surface area contributed by atoms with E-state index in [-0.39, 0.29) is 17.7 Å². The fourth-order valence-corrected chi connectivity index (χ4v) is 5.49. The van der Waals surface area contributed by atoms with Crippen LogP contribution in [0.4, 0.5) is 5.13 Å². The second-order valence-corrected chi connectivity index (χ2v) is 10.1. The van der Waals surface area contributed by atoms with Crippen LogP contribution in [0, 0.1) is 5.92 Å². The number of amides is 2. The summed E-state index contributed by atoms with van der Waals surface area (Å²) in [6, 6.07) is 22.0. The second kappa shape index (κ2) is 9.99. The minimum absolute atomic E-state index is 0.0177. The summed E-state index contributed by atoms with van der Waals surface area (Å²) in [5.74, 6) is -0.103. The molecule has 0 spiro atoms. The SMILES string of the molecule is CSc1ccc(-c2csc(NC(=O)C3CCN(C(=O)c4cccc5ccccc45)CC3)n2)cc1. The Bertz CT molecular complexity index is 1320. The summed E-state index contributed by atoms with van der Waals surface area (Å²) in [6.45, 7) is 1.15. The highest BCUT2D eigenvalue weighted by atomic mass is 32.2. The van der Waals surface area contributed by atoms with E-state index in [2.05, 4.69) is 40.8 Å². The minimum atomic E-state index is -0.121. The average molecular weight is 488 g/mol. The first-order chi connectivity index (χ1) is 16.6. The van der Waals surface area contributed by atoms with Gasteiger partial charge < -0.3 is 10.2 Å². The van der Waals surface area contributed by atoms with Crippen molar-refractivity contribution in [3.63, 3.8) is 0 Å². The molecule has 2 amide bonds. The molecule has 1 aliphatic rings. The Morgan fingerprint density at radius 1 is 1.00 bits per heavy atom. The highest BCUT2D eigenvalue weighted by Crippen LogP contribution is 2.28. The molecule has 1 N–H and O–H groups in total. The van der Waals surface area contributed by atoms with E-state index in [9.17, 15) is 9.59 Å². The zero-order chi connectivity index (χ0) is 23.5. The van der Waals surface area contributed by atoms with Gasteiger partial charge in [0.05, 0.1) is 5.69 Å². The van der Waals surface area contributed by atoms with E-state index in [0.717, 1.165) is 27.6 Å². The maximum Gasteiger partial charge on any atom is 0.254 e. The van der Waals surface area contributed by atoms with Gasteiger partial charge in [-0.15, -0.1) is 23.1 Å². The van der Waals surface area contributed by atoms with Crippen molar-refractivity contribution in [3.8, 4) is 11.3 Å². The number of piperidine rings is 1. The molecule has 1 aromatic heterocycles. The highest BCUT2D eigenvalue weighted by molar-refractivity contribution is 7.98. The van der Waals surface area contributed by atoms with Gasteiger partial charge in [0, 0.05) is 40.4 Å². The summed E-state index contributed by atoms with van der Waals surface area (Å²) in [4.78, 5) is 33.7. The number of nitrogens with one attached hydrogen (secondary N) is 1. The third kappa shape index (κ3) is 4.72. The molecule has 0 saturated carbocycles. The maximum atomic E-state index is 13.2.